The van der Waals surface area contributed by atoms with Gasteiger partial charge in [-0.05, 0) is 18.9 Å². The summed E-state index contributed by atoms with van der Waals surface area (Å²) in [5, 5.41) is 0. The van der Waals surface area contributed by atoms with Gasteiger partial charge in [-0.3, -0.25) is 0 Å². The van der Waals surface area contributed by atoms with Gasteiger partial charge in [0.05, 0.1) is 6.10 Å². The minimum Gasteiger partial charge on any atom is -0.365 e. The molecule has 1 saturated heterocycles. The molecule has 1 fully saturated rings. The van der Waals surface area contributed by atoms with E-state index in [0.29, 0.717) is 12.2 Å². The standard InChI is InChI=1S/C7H12O/c1-4-6-7(8-6)5(2)3/h6-7H,2,4H2,1,3H3. The van der Waals surface area contributed by atoms with Crippen LogP contribution < -0.4 is 0 Å². The molecular weight excluding hydrogens is 100 g/mol. The van der Waals surface area contributed by atoms with Gasteiger partial charge in [0.25, 0.3) is 0 Å². The molecule has 0 spiro atoms. The van der Waals surface area contributed by atoms with Crippen LogP contribution in [0, 0.1) is 0 Å². The third kappa shape index (κ3) is 0.920. The van der Waals surface area contributed by atoms with Crippen molar-refractivity contribution in [1.82, 2.24) is 0 Å². The Hall–Kier alpha value is -0.300. The predicted molar refractivity (Wildman–Crippen MR) is 33.8 cm³/mol. The highest BCUT2D eigenvalue weighted by atomic mass is 16.6. The van der Waals surface area contributed by atoms with E-state index in [2.05, 4.69) is 13.5 Å². The van der Waals surface area contributed by atoms with Gasteiger partial charge >= 0.3 is 0 Å². The topological polar surface area (TPSA) is 12.5 Å². The lowest BCUT2D eigenvalue weighted by Gasteiger charge is -1.84. The summed E-state index contributed by atoms with van der Waals surface area (Å²) in [7, 11) is 0. The third-order valence-corrected chi connectivity index (χ3v) is 1.47. The quantitative estimate of drug-likeness (QED) is 0.391. The number of rotatable bonds is 2. The normalized spacial score (nSPS) is 34.8. The van der Waals surface area contributed by atoms with Gasteiger partial charge in [-0.15, -0.1) is 0 Å². The van der Waals surface area contributed by atoms with Gasteiger partial charge in [0.15, 0.2) is 0 Å². The summed E-state index contributed by atoms with van der Waals surface area (Å²) < 4.78 is 5.23. The largest absolute Gasteiger partial charge is 0.365 e. The Bertz CT molecular complexity index is 107. The number of ether oxygens (including phenoxy) is 1. The number of epoxide rings is 1. The molecule has 1 aliphatic heterocycles. The molecule has 1 rings (SSSR count). The van der Waals surface area contributed by atoms with Crippen LogP contribution >= 0.6 is 0 Å². The van der Waals surface area contributed by atoms with Crippen LogP contribution in [0.2, 0.25) is 0 Å². The van der Waals surface area contributed by atoms with Gasteiger partial charge in [0.1, 0.15) is 6.10 Å². The molecule has 8 heavy (non-hydrogen) atoms. The minimum atomic E-state index is 0.389. The van der Waals surface area contributed by atoms with E-state index in [1.807, 2.05) is 6.92 Å². The molecule has 0 radical (unpaired) electrons. The van der Waals surface area contributed by atoms with Crippen LogP contribution in [-0.4, -0.2) is 12.2 Å². The van der Waals surface area contributed by atoms with Crippen molar-refractivity contribution in [3.8, 4) is 0 Å². The van der Waals surface area contributed by atoms with E-state index in [-0.39, 0.29) is 0 Å². The van der Waals surface area contributed by atoms with Gasteiger partial charge in [-0.25, -0.2) is 0 Å². The van der Waals surface area contributed by atoms with Crippen LogP contribution in [0.1, 0.15) is 20.3 Å². The molecule has 1 aliphatic rings. The highest BCUT2D eigenvalue weighted by molar-refractivity contribution is 5.09. The molecule has 0 saturated carbocycles. The molecule has 0 aromatic rings. The van der Waals surface area contributed by atoms with Crippen molar-refractivity contribution < 1.29 is 4.74 Å². The first-order valence-electron chi connectivity index (χ1n) is 3.06. The summed E-state index contributed by atoms with van der Waals surface area (Å²) >= 11 is 0. The molecule has 46 valence electrons. The zero-order valence-corrected chi connectivity index (χ0v) is 5.48. The Morgan fingerprint density at radius 2 is 2.38 bits per heavy atom. The third-order valence-electron chi connectivity index (χ3n) is 1.47. The second-order valence-electron chi connectivity index (χ2n) is 2.35. The van der Waals surface area contributed by atoms with Crippen LogP contribution in [0.5, 0.6) is 0 Å². The van der Waals surface area contributed by atoms with E-state index in [1.54, 1.807) is 0 Å². The van der Waals surface area contributed by atoms with E-state index in [0.717, 1.165) is 12.0 Å². The van der Waals surface area contributed by atoms with Crippen molar-refractivity contribution in [2.45, 2.75) is 32.5 Å². The molecule has 1 heteroatoms. The smallest absolute Gasteiger partial charge is 0.105 e. The highest BCUT2D eigenvalue weighted by Gasteiger charge is 2.36. The molecule has 0 aliphatic carbocycles. The van der Waals surface area contributed by atoms with Crippen molar-refractivity contribution in [1.29, 1.82) is 0 Å². The summed E-state index contributed by atoms with van der Waals surface area (Å²) in [6, 6.07) is 0. The van der Waals surface area contributed by atoms with Gasteiger partial charge in [-0.2, -0.15) is 0 Å². The Kier molecular flexibility index (Phi) is 1.39. The summed E-state index contributed by atoms with van der Waals surface area (Å²) in [6.07, 6.45) is 2.00. The Balaban J connectivity index is 2.26. The maximum absolute atomic E-state index is 5.23. The Morgan fingerprint density at radius 1 is 1.75 bits per heavy atom. The molecular formula is C7H12O. The van der Waals surface area contributed by atoms with Crippen molar-refractivity contribution in [2.75, 3.05) is 0 Å². The van der Waals surface area contributed by atoms with E-state index in [1.165, 1.54) is 0 Å². The lowest BCUT2D eigenvalue weighted by Crippen LogP contribution is -1.90. The lowest BCUT2D eigenvalue weighted by molar-refractivity contribution is 0.380. The van der Waals surface area contributed by atoms with E-state index in [9.17, 15) is 0 Å². The fourth-order valence-corrected chi connectivity index (χ4v) is 0.887. The monoisotopic (exact) mass is 112 g/mol. The van der Waals surface area contributed by atoms with Crippen LogP contribution in [-0.2, 0) is 4.74 Å². The van der Waals surface area contributed by atoms with E-state index < -0.39 is 0 Å². The van der Waals surface area contributed by atoms with Crippen LogP contribution in [0.3, 0.4) is 0 Å². The highest BCUT2D eigenvalue weighted by Crippen LogP contribution is 2.29. The van der Waals surface area contributed by atoms with Gasteiger partial charge in [0.2, 0.25) is 0 Å². The Labute approximate surface area is 50.3 Å². The fourth-order valence-electron chi connectivity index (χ4n) is 0.887. The van der Waals surface area contributed by atoms with Crippen LogP contribution in [0.4, 0.5) is 0 Å². The molecule has 2 atom stereocenters. The summed E-state index contributed by atoms with van der Waals surface area (Å²) in [4.78, 5) is 0. The maximum Gasteiger partial charge on any atom is 0.105 e. The number of hydrogen-bond acceptors (Lipinski definition) is 1. The lowest BCUT2D eigenvalue weighted by atomic mass is 10.2. The molecule has 1 heterocycles. The van der Waals surface area contributed by atoms with Crippen LogP contribution in [0.15, 0.2) is 12.2 Å². The predicted octanol–water partition coefficient (Wildman–Crippen LogP) is 1.74. The van der Waals surface area contributed by atoms with Crippen molar-refractivity contribution in [2.24, 2.45) is 0 Å². The molecule has 0 aromatic carbocycles. The average molecular weight is 112 g/mol. The second-order valence-corrected chi connectivity index (χ2v) is 2.35. The van der Waals surface area contributed by atoms with Gasteiger partial charge < -0.3 is 4.74 Å². The second kappa shape index (κ2) is 1.90. The van der Waals surface area contributed by atoms with Crippen molar-refractivity contribution >= 4 is 0 Å². The fraction of sp³-hybridized carbons (Fsp3) is 0.714. The molecule has 0 bridgehead atoms. The minimum absolute atomic E-state index is 0.389. The zero-order valence-electron chi connectivity index (χ0n) is 5.48. The van der Waals surface area contributed by atoms with E-state index in [4.69, 9.17) is 4.74 Å². The first-order valence-corrected chi connectivity index (χ1v) is 3.06. The molecule has 0 N–H and O–H groups in total. The van der Waals surface area contributed by atoms with Gasteiger partial charge in [-0.1, -0.05) is 13.5 Å². The number of hydrogen-bond donors (Lipinski definition) is 0. The summed E-state index contributed by atoms with van der Waals surface area (Å²) in [5.41, 5.74) is 1.16. The maximum atomic E-state index is 5.23. The molecule has 1 nitrogen and oxygen atoms in total. The SMILES string of the molecule is C=C(C)C1OC1CC. The molecule has 0 amide bonds. The average Bonchev–Trinajstić information content (AvgIpc) is 2.42. The first kappa shape index (κ1) is 5.83. The van der Waals surface area contributed by atoms with Gasteiger partial charge in [0, 0.05) is 0 Å². The van der Waals surface area contributed by atoms with Crippen LogP contribution in [0.25, 0.3) is 0 Å². The van der Waals surface area contributed by atoms with Crippen molar-refractivity contribution in [3.05, 3.63) is 12.2 Å². The van der Waals surface area contributed by atoms with E-state index >= 15 is 0 Å². The molecule has 0 aromatic heterocycles. The van der Waals surface area contributed by atoms with Crippen molar-refractivity contribution in [3.63, 3.8) is 0 Å². The zero-order chi connectivity index (χ0) is 6.15. The first-order chi connectivity index (χ1) is 3.75. The Morgan fingerprint density at radius 3 is 2.50 bits per heavy atom. The summed E-state index contributed by atoms with van der Waals surface area (Å²) in [6.45, 7) is 7.94. The molecule has 2 unspecified atom stereocenters. The summed E-state index contributed by atoms with van der Waals surface area (Å²) in [5.74, 6) is 0.